The van der Waals surface area contributed by atoms with Crippen LogP contribution < -0.4 is 0 Å². The number of carbonyl (C=O) groups excluding carboxylic acids is 1. The van der Waals surface area contributed by atoms with Crippen molar-refractivity contribution in [3.8, 4) is 0 Å². The Labute approximate surface area is 80.7 Å². The van der Waals surface area contributed by atoms with Gasteiger partial charge in [0.15, 0.2) is 5.16 Å². The van der Waals surface area contributed by atoms with Crippen LogP contribution in [0.1, 0.15) is 24.6 Å². The van der Waals surface area contributed by atoms with Crippen molar-refractivity contribution in [3.05, 3.63) is 6.33 Å². The van der Waals surface area contributed by atoms with Crippen molar-refractivity contribution >= 4 is 17.7 Å². The maximum Gasteiger partial charge on any atom is 0.237 e. The Hall–Kier alpha value is -0.840. The van der Waals surface area contributed by atoms with Gasteiger partial charge in [0, 0.05) is 5.92 Å². The fraction of sp³-hybridized carbons (Fsp3) is 0.625. The molecule has 0 radical (unpaired) electrons. The Balaban J connectivity index is 2.17. The Morgan fingerprint density at radius 2 is 2.54 bits per heavy atom. The van der Waals surface area contributed by atoms with Crippen molar-refractivity contribution in [3.63, 3.8) is 0 Å². The van der Waals surface area contributed by atoms with Crippen molar-refractivity contribution in [2.45, 2.75) is 24.9 Å². The van der Waals surface area contributed by atoms with Crippen LogP contribution >= 0.6 is 11.8 Å². The van der Waals surface area contributed by atoms with Crippen LogP contribution in [0.4, 0.5) is 0 Å². The highest BCUT2D eigenvalue weighted by Crippen LogP contribution is 2.31. The van der Waals surface area contributed by atoms with Crippen LogP contribution in [-0.4, -0.2) is 26.4 Å². The zero-order valence-corrected chi connectivity index (χ0v) is 8.25. The maximum absolute atomic E-state index is 11.6. The number of carbonyl (C=O) groups is 1. The lowest BCUT2D eigenvalue weighted by Gasteiger charge is -2.01. The Kier molecular flexibility index (Phi) is 2.35. The van der Waals surface area contributed by atoms with Gasteiger partial charge in [-0.15, -0.1) is 10.2 Å². The molecule has 0 atom stereocenters. The molecule has 0 bridgehead atoms. The zero-order valence-electron chi connectivity index (χ0n) is 7.43. The fourth-order valence-corrected chi connectivity index (χ4v) is 1.77. The zero-order chi connectivity index (χ0) is 9.26. The second kappa shape index (κ2) is 3.49. The third kappa shape index (κ3) is 1.75. The summed E-state index contributed by atoms with van der Waals surface area (Å²) in [5.41, 5.74) is 0. The molecule has 0 amide bonds. The van der Waals surface area contributed by atoms with Crippen LogP contribution in [0.2, 0.25) is 0 Å². The molecule has 0 spiro atoms. The van der Waals surface area contributed by atoms with Gasteiger partial charge in [-0.3, -0.25) is 4.79 Å². The third-order valence-electron chi connectivity index (χ3n) is 1.95. The van der Waals surface area contributed by atoms with Crippen LogP contribution in [0, 0.1) is 5.92 Å². The average molecular weight is 197 g/mol. The van der Waals surface area contributed by atoms with Gasteiger partial charge >= 0.3 is 0 Å². The number of rotatable bonds is 3. The minimum Gasteiger partial charge on any atom is -0.274 e. The highest BCUT2D eigenvalue weighted by atomic mass is 32.2. The quantitative estimate of drug-likeness (QED) is 0.688. The first-order valence-electron chi connectivity index (χ1n) is 4.40. The van der Waals surface area contributed by atoms with Gasteiger partial charge in [-0.2, -0.15) is 0 Å². The van der Waals surface area contributed by atoms with E-state index >= 15 is 0 Å². The van der Waals surface area contributed by atoms with Gasteiger partial charge in [-0.05, 0) is 18.6 Å². The lowest BCUT2D eigenvalue weighted by atomic mass is 10.4. The first-order chi connectivity index (χ1) is 6.33. The van der Waals surface area contributed by atoms with Gasteiger partial charge in [0.1, 0.15) is 6.33 Å². The van der Waals surface area contributed by atoms with Gasteiger partial charge in [-0.25, -0.2) is 4.57 Å². The van der Waals surface area contributed by atoms with E-state index in [9.17, 15) is 4.79 Å². The van der Waals surface area contributed by atoms with Gasteiger partial charge in [0.05, 0.1) is 0 Å². The molecule has 1 saturated carbocycles. The van der Waals surface area contributed by atoms with Crippen LogP contribution in [-0.2, 0) is 0 Å². The number of aromatic nitrogens is 3. The van der Waals surface area contributed by atoms with E-state index in [2.05, 4.69) is 10.2 Å². The molecule has 0 aromatic carbocycles. The summed E-state index contributed by atoms with van der Waals surface area (Å²) >= 11 is 1.55. The topological polar surface area (TPSA) is 47.8 Å². The molecule has 1 fully saturated rings. The van der Waals surface area contributed by atoms with Gasteiger partial charge in [0.2, 0.25) is 5.91 Å². The lowest BCUT2D eigenvalue weighted by Crippen LogP contribution is -2.12. The second-order valence-corrected chi connectivity index (χ2v) is 4.26. The highest BCUT2D eigenvalue weighted by Gasteiger charge is 2.32. The molecule has 1 aliphatic rings. The van der Waals surface area contributed by atoms with E-state index in [0.717, 1.165) is 23.8 Å². The van der Waals surface area contributed by atoms with E-state index in [1.54, 1.807) is 16.3 Å². The van der Waals surface area contributed by atoms with E-state index in [0.29, 0.717) is 0 Å². The summed E-state index contributed by atoms with van der Waals surface area (Å²) in [6.07, 6.45) is 3.55. The van der Waals surface area contributed by atoms with Crippen molar-refractivity contribution < 1.29 is 4.79 Å². The van der Waals surface area contributed by atoms with Crippen molar-refractivity contribution in [2.75, 3.05) is 5.75 Å². The summed E-state index contributed by atoms with van der Waals surface area (Å²) in [4.78, 5) is 11.6. The van der Waals surface area contributed by atoms with E-state index in [-0.39, 0.29) is 11.8 Å². The molecular formula is C8H11N3OS. The second-order valence-electron chi connectivity index (χ2n) is 3.03. The molecule has 0 unspecified atom stereocenters. The first-order valence-corrected chi connectivity index (χ1v) is 5.38. The molecule has 1 aromatic rings. The van der Waals surface area contributed by atoms with Crippen molar-refractivity contribution in [1.82, 2.24) is 14.8 Å². The number of thioether (sulfide) groups is 1. The molecule has 0 saturated heterocycles. The third-order valence-corrected chi connectivity index (χ3v) is 2.78. The lowest BCUT2D eigenvalue weighted by molar-refractivity contribution is 0.0875. The number of hydrogen-bond donors (Lipinski definition) is 0. The van der Waals surface area contributed by atoms with Crippen molar-refractivity contribution in [1.29, 1.82) is 0 Å². The van der Waals surface area contributed by atoms with Gasteiger partial charge in [0.25, 0.3) is 0 Å². The normalized spacial score (nSPS) is 16.1. The monoisotopic (exact) mass is 197 g/mol. The Bertz CT molecular complexity index is 319. The highest BCUT2D eigenvalue weighted by molar-refractivity contribution is 7.99. The molecular weight excluding hydrogens is 186 g/mol. The minimum atomic E-state index is 0.154. The average Bonchev–Trinajstić information content (AvgIpc) is 2.87. The van der Waals surface area contributed by atoms with E-state index < -0.39 is 0 Å². The maximum atomic E-state index is 11.6. The molecule has 5 heteroatoms. The van der Waals surface area contributed by atoms with E-state index in [4.69, 9.17) is 0 Å². The molecule has 4 nitrogen and oxygen atoms in total. The van der Waals surface area contributed by atoms with Crippen molar-refractivity contribution in [2.24, 2.45) is 5.92 Å². The minimum absolute atomic E-state index is 0.154. The summed E-state index contributed by atoms with van der Waals surface area (Å²) in [5, 5.41) is 8.36. The smallest absolute Gasteiger partial charge is 0.237 e. The summed E-state index contributed by atoms with van der Waals surface area (Å²) in [7, 11) is 0. The summed E-state index contributed by atoms with van der Waals surface area (Å²) in [6, 6.07) is 0. The van der Waals surface area contributed by atoms with Crippen LogP contribution in [0.15, 0.2) is 11.5 Å². The molecule has 2 rings (SSSR count). The summed E-state index contributed by atoms with van der Waals surface area (Å²) in [6.45, 7) is 2.03. The molecule has 0 aliphatic heterocycles. The van der Waals surface area contributed by atoms with Crippen LogP contribution in [0.25, 0.3) is 0 Å². The first kappa shape index (κ1) is 8.74. The predicted octanol–water partition coefficient (Wildman–Crippen LogP) is 1.44. The largest absolute Gasteiger partial charge is 0.274 e. The van der Waals surface area contributed by atoms with Crippen LogP contribution in [0.3, 0.4) is 0 Å². The Morgan fingerprint density at radius 1 is 1.77 bits per heavy atom. The van der Waals surface area contributed by atoms with Crippen LogP contribution in [0.5, 0.6) is 0 Å². The number of nitrogens with zero attached hydrogens (tertiary/aromatic N) is 3. The van der Waals surface area contributed by atoms with Gasteiger partial charge in [-0.1, -0.05) is 18.7 Å². The molecule has 1 heterocycles. The van der Waals surface area contributed by atoms with E-state index in [1.165, 1.54) is 6.33 Å². The SMILES string of the molecule is CCSc1nncn1C(=O)C1CC1. The molecule has 1 aromatic heterocycles. The Morgan fingerprint density at radius 3 is 3.15 bits per heavy atom. The predicted molar refractivity (Wildman–Crippen MR) is 49.8 cm³/mol. The summed E-state index contributed by atoms with van der Waals surface area (Å²) < 4.78 is 1.58. The van der Waals surface area contributed by atoms with E-state index in [1.807, 2.05) is 6.92 Å². The molecule has 1 aliphatic carbocycles. The molecule has 0 N–H and O–H groups in total. The summed E-state index contributed by atoms with van der Waals surface area (Å²) in [5.74, 6) is 1.30. The fourth-order valence-electron chi connectivity index (χ4n) is 1.13. The van der Waals surface area contributed by atoms with Gasteiger partial charge < -0.3 is 0 Å². The molecule has 70 valence electrons. The number of hydrogen-bond acceptors (Lipinski definition) is 4. The molecule has 13 heavy (non-hydrogen) atoms. The standard InChI is InChI=1S/C8H11N3OS/c1-2-13-8-10-9-5-11(8)7(12)6-3-4-6/h5-6H,2-4H2,1H3.